The molecule has 3 aliphatic rings. The molecule has 1 saturated carbocycles. The van der Waals surface area contributed by atoms with Crippen molar-refractivity contribution in [3.8, 4) is 11.1 Å². The molecule has 0 radical (unpaired) electrons. The van der Waals surface area contributed by atoms with Crippen molar-refractivity contribution in [1.82, 2.24) is 10.6 Å². The molecular formula is C27H30N2O6. The van der Waals surface area contributed by atoms with Gasteiger partial charge in [-0.1, -0.05) is 67.8 Å². The lowest BCUT2D eigenvalue weighted by molar-refractivity contribution is -0.151. The number of rotatable bonds is 6. The topological polar surface area (TPSA) is 114 Å². The number of ether oxygens (including phenoxy) is 2. The summed E-state index contributed by atoms with van der Waals surface area (Å²) in [5, 5.41) is 15.2. The Morgan fingerprint density at radius 1 is 0.971 bits per heavy atom. The molecule has 1 aliphatic heterocycles. The third-order valence-electron chi connectivity index (χ3n) is 7.48. The van der Waals surface area contributed by atoms with Crippen molar-refractivity contribution in [1.29, 1.82) is 0 Å². The van der Waals surface area contributed by atoms with Crippen LogP contribution in [0.3, 0.4) is 0 Å². The van der Waals surface area contributed by atoms with Crippen LogP contribution in [0.25, 0.3) is 11.1 Å². The third kappa shape index (κ3) is 4.50. The SMILES string of the molecule is O=C(NC1CCOC1C(=O)NC1(C(=O)O)CCCCC1)OCC1c2ccccc2-c2ccccc21. The predicted molar refractivity (Wildman–Crippen MR) is 128 cm³/mol. The number of benzene rings is 2. The molecular weight excluding hydrogens is 448 g/mol. The van der Waals surface area contributed by atoms with E-state index in [1.807, 2.05) is 24.3 Å². The van der Waals surface area contributed by atoms with Crippen LogP contribution in [0.15, 0.2) is 48.5 Å². The Kier molecular flexibility index (Phi) is 6.47. The molecule has 184 valence electrons. The van der Waals surface area contributed by atoms with Crippen LogP contribution < -0.4 is 10.6 Å². The molecule has 8 nitrogen and oxygen atoms in total. The van der Waals surface area contributed by atoms with Crippen molar-refractivity contribution in [2.45, 2.75) is 62.1 Å². The Labute approximate surface area is 204 Å². The minimum Gasteiger partial charge on any atom is -0.480 e. The molecule has 0 aromatic heterocycles. The van der Waals surface area contributed by atoms with E-state index in [1.165, 1.54) is 0 Å². The van der Waals surface area contributed by atoms with Crippen LogP contribution in [-0.2, 0) is 19.1 Å². The van der Waals surface area contributed by atoms with Gasteiger partial charge in [-0.05, 0) is 41.5 Å². The number of carbonyl (C=O) groups is 3. The quantitative estimate of drug-likeness (QED) is 0.585. The van der Waals surface area contributed by atoms with Crippen molar-refractivity contribution in [3.63, 3.8) is 0 Å². The first-order chi connectivity index (χ1) is 17.0. The summed E-state index contributed by atoms with van der Waals surface area (Å²) >= 11 is 0. The van der Waals surface area contributed by atoms with Crippen molar-refractivity contribution >= 4 is 18.0 Å². The molecule has 2 aromatic rings. The van der Waals surface area contributed by atoms with Crippen LogP contribution in [0.5, 0.6) is 0 Å². The van der Waals surface area contributed by atoms with Gasteiger partial charge < -0.3 is 25.2 Å². The second-order valence-corrected chi connectivity index (χ2v) is 9.59. The molecule has 8 heteroatoms. The number of carbonyl (C=O) groups excluding carboxylic acids is 2. The highest BCUT2D eigenvalue weighted by atomic mass is 16.6. The van der Waals surface area contributed by atoms with Crippen LogP contribution in [0.2, 0.25) is 0 Å². The van der Waals surface area contributed by atoms with E-state index >= 15 is 0 Å². The van der Waals surface area contributed by atoms with Gasteiger partial charge in [0.2, 0.25) is 0 Å². The third-order valence-corrected chi connectivity index (χ3v) is 7.48. The Morgan fingerprint density at radius 2 is 1.60 bits per heavy atom. The van der Waals surface area contributed by atoms with E-state index in [1.54, 1.807) is 0 Å². The minimum atomic E-state index is -1.27. The van der Waals surface area contributed by atoms with Gasteiger partial charge in [-0.3, -0.25) is 4.79 Å². The summed E-state index contributed by atoms with van der Waals surface area (Å²) < 4.78 is 11.2. The Hall–Kier alpha value is -3.39. The van der Waals surface area contributed by atoms with Gasteiger partial charge in [0.25, 0.3) is 5.91 Å². The van der Waals surface area contributed by atoms with E-state index in [0.717, 1.165) is 41.5 Å². The first-order valence-corrected chi connectivity index (χ1v) is 12.3. The second-order valence-electron chi connectivity index (χ2n) is 9.59. The highest BCUT2D eigenvalue weighted by Gasteiger charge is 2.45. The summed E-state index contributed by atoms with van der Waals surface area (Å²) in [6.45, 7) is 0.471. The summed E-state index contributed by atoms with van der Waals surface area (Å²) in [7, 11) is 0. The average molecular weight is 479 g/mol. The number of hydrogen-bond acceptors (Lipinski definition) is 5. The van der Waals surface area contributed by atoms with Crippen molar-refractivity contribution < 1.29 is 29.0 Å². The number of nitrogens with one attached hydrogen (secondary N) is 2. The van der Waals surface area contributed by atoms with Gasteiger partial charge in [-0.15, -0.1) is 0 Å². The van der Waals surface area contributed by atoms with Gasteiger partial charge in [-0.25, -0.2) is 9.59 Å². The number of aliphatic carboxylic acids is 1. The molecule has 0 bridgehead atoms. The molecule has 2 aliphatic carbocycles. The van der Waals surface area contributed by atoms with Gasteiger partial charge in [0.1, 0.15) is 12.1 Å². The van der Waals surface area contributed by atoms with Crippen LogP contribution in [0.1, 0.15) is 55.6 Å². The Bertz CT molecular complexity index is 1080. The largest absolute Gasteiger partial charge is 0.480 e. The van der Waals surface area contributed by atoms with E-state index in [4.69, 9.17) is 9.47 Å². The highest BCUT2D eigenvalue weighted by molar-refractivity contribution is 5.90. The number of fused-ring (bicyclic) bond motifs is 3. The maximum atomic E-state index is 13.0. The monoisotopic (exact) mass is 478 g/mol. The second kappa shape index (κ2) is 9.70. The fourth-order valence-electron chi connectivity index (χ4n) is 5.64. The Morgan fingerprint density at radius 3 is 2.23 bits per heavy atom. The number of hydrogen-bond donors (Lipinski definition) is 3. The molecule has 1 saturated heterocycles. The van der Waals surface area contributed by atoms with E-state index in [-0.39, 0.29) is 12.5 Å². The van der Waals surface area contributed by atoms with Gasteiger partial charge in [0.15, 0.2) is 6.10 Å². The van der Waals surface area contributed by atoms with Crippen LogP contribution in [-0.4, -0.2) is 54.0 Å². The lowest BCUT2D eigenvalue weighted by atomic mass is 9.81. The highest BCUT2D eigenvalue weighted by Crippen LogP contribution is 2.44. The average Bonchev–Trinajstić information content (AvgIpc) is 3.46. The normalized spacial score (nSPS) is 22.6. The maximum absolute atomic E-state index is 13.0. The zero-order valence-corrected chi connectivity index (χ0v) is 19.5. The maximum Gasteiger partial charge on any atom is 0.407 e. The fourth-order valence-corrected chi connectivity index (χ4v) is 5.64. The lowest BCUT2D eigenvalue weighted by Crippen LogP contribution is -2.60. The molecule has 2 aromatic carbocycles. The molecule has 5 rings (SSSR count). The van der Waals surface area contributed by atoms with Gasteiger partial charge in [-0.2, -0.15) is 0 Å². The van der Waals surface area contributed by atoms with Crippen molar-refractivity contribution in [2.75, 3.05) is 13.2 Å². The first kappa shape index (κ1) is 23.4. The zero-order valence-electron chi connectivity index (χ0n) is 19.5. The molecule has 0 spiro atoms. The number of carboxylic acid groups (broad SMARTS) is 1. The minimum absolute atomic E-state index is 0.0613. The molecule has 2 amide bonds. The first-order valence-electron chi connectivity index (χ1n) is 12.3. The van der Waals surface area contributed by atoms with Crippen molar-refractivity contribution in [2.24, 2.45) is 0 Å². The van der Waals surface area contributed by atoms with Crippen molar-refractivity contribution in [3.05, 3.63) is 59.7 Å². The molecule has 2 unspecified atom stereocenters. The van der Waals surface area contributed by atoms with Crippen LogP contribution in [0, 0.1) is 0 Å². The van der Waals surface area contributed by atoms with Crippen LogP contribution in [0.4, 0.5) is 4.79 Å². The van der Waals surface area contributed by atoms with E-state index in [9.17, 15) is 19.5 Å². The summed E-state index contributed by atoms with van der Waals surface area (Å²) in [6.07, 6.45) is 2.12. The molecule has 2 fully saturated rings. The van der Waals surface area contributed by atoms with Gasteiger partial charge >= 0.3 is 12.1 Å². The smallest absolute Gasteiger partial charge is 0.407 e. The number of carboxylic acids is 1. The molecule has 2 atom stereocenters. The fraction of sp³-hybridized carbons (Fsp3) is 0.444. The van der Waals surface area contributed by atoms with Crippen LogP contribution >= 0.6 is 0 Å². The van der Waals surface area contributed by atoms with E-state index < -0.39 is 35.7 Å². The lowest BCUT2D eigenvalue weighted by Gasteiger charge is -2.35. The van der Waals surface area contributed by atoms with E-state index in [2.05, 4.69) is 34.9 Å². The molecule has 35 heavy (non-hydrogen) atoms. The summed E-state index contributed by atoms with van der Waals surface area (Å²) in [5.74, 6) is -1.59. The standard InChI is InChI=1S/C27H30N2O6/c30-24(29-27(25(31)32)13-6-1-7-14-27)23-22(12-15-34-23)28-26(33)35-16-21-19-10-4-2-8-17(19)18-9-3-5-11-20(18)21/h2-5,8-11,21-23H,1,6-7,12-16H2,(H,28,33)(H,29,30)(H,31,32). The van der Waals surface area contributed by atoms with Gasteiger partial charge in [0.05, 0.1) is 6.04 Å². The summed E-state index contributed by atoms with van der Waals surface area (Å²) in [6, 6.07) is 15.6. The zero-order chi connectivity index (χ0) is 24.4. The molecule has 3 N–H and O–H groups in total. The predicted octanol–water partition coefficient (Wildman–Crippen LogP) is 3.59. The molecule has 1 heterocycles. The van der Waals surface area contributed by atoms with Gasteiger partial charge in [0, 0.05) is 12.5 Å². The summed E-state index contributed by atoms with van der Waals surface area (Å²) in [4.78, 5) is 37.6. The summed E-state index contributed by atoms with van der Waals surface area (Å²) in [5.41, 5.74) is 3.26. The number of amides is 2. The van der Waals surface area contributed by atoms with E-state index in [0.29, 0.717) is 25.9 Å². The number of alkyl carbamates (subject to hydrolysis) is 1. The Balaban J connectivity index is 1.21.